The number of aromatic nitrogens is 2. The zero-order valence-corrected chi connectivity index (χ0v) is 16.5. The second-order valence-electron chi connectivity index (χ2n) is 6.89. The second-order valence-corrected chi connectivity index (χ2v) is 7.23. The molecule has 0 atom stereocenters. The minimum absolute atomic E-state index is 0.300. The minimum Gasteiger partial charge on any atom is -0.494 e. The van der Waals surface area contributed by atoms with Gasteiger partial charge in [-0.05, 0) is 62.4 Å². The normalized spacial score (nSPS) is 15.8. The fraction of sp³-hybridized carbons (Fsp3) is 0.500. The maximum atomic E-state index is 5.95. The van der Waals surface area contributed by atoms with Crippen LogP contribution in [0.3, 0.4) is 0 Å². The van der Waals surface area contributed by atoms with Crippen LogP contribution in [0.4, 0.5) is 5.82 Å². The number of halogens is 1. The Labute approximate surface area is 160 Å². The van der Waals surface area contributed by atoms with Crippen LogP contribution in [-0.4, -0.2) is 40.6 Å². The first-order chi connectivity index (χ1) is 12.5. The number of ether oxygens (including phenoxy) is 1. The SMILES string of the molecule is CCOc1cc(CN2CCC(Nc3cc(C)nc(Cl)n3)CC2)ccc1C. The Hall–Kier alpha value is -1.85. The molecule has 5 nitrogen and oxygen atoms in total. The number of anilines is 1. The van der Waals surface area contributed by atoms with Crippen LogP contribution in [0.15, 0.2) is 24.3 Å². The third kappa shape index (κ3) is 5.08. The zero-order chi connectivity index (χ0) is 18.5. The van der Waals surface area contributed by atoms with E-state index in [2.05, 4.69) is 45.3 Å². The number of hydrogen-bond acceptors (Lipinski definition) is 5. The van der Waals surface area contributed by atoms with Crippen LogP contribution in [0.5, 0.6) is 5.75 Å². The van der Waals surface area contributed by atoms with Crippen LogP contribution in [-0.2, 0) is 6.54 Å². The quantitative estimate of drug-likeness (QED) is 0.767. The monoisotopic (exact) mass is 374 g/mol. The van der Waals surface area contributed by atoms with Crippen LogP contribution < -0.4 is 10.1 Å². The molecule has 0 amide bonds. The largest absolute Gasteiger partial charge is 0.494 e. The molecule has 1 aliphatic rings. The standard InChI is InChI=1S/C20H27ClN4O/c1-4-26-18-12-16(6-5-14(18)2)13-25-9-7-17(8-10-25)23-19-11-15(3)22-20(21)24-19/h5-6,11-12,17H,4,7-10,13H2,1-3H3,(H,22,23,24). The highest BCUT2D eigenvalue weighted by Crippen LogP contribution is 2.23. The highest BCUT2D eigenvalue weighted by molar-refractivity contribution is 6.28. The first-order valence-corrected chi connectivity index (χ1v) is 9.63. The number of benzene rings is 1. The lowest BCUT2D eigenvalue weighted by Gasteiger charge is -2.32. The van der Waals surface area contributed by atoms with Crippen molar-refractivity contribution in [3.8, 4) is 5.75 Å². The lowest BCUT2D eigenvalue weighted by Crippen LogP contribution is -2.38. The van der Waals surface area contributed by atoms with E-state index in [4.69, 9.17) is 16.3 Å². The van der Waals surface area contributed by atoms with Crippen LogP contribution >= 0.6 is 11.6 Å². The molecule has 0 aliphatic carbocycles. The van der Waals surface area contributed by atoms with Crippen molar-refractivity contribution in [3.05, 3.63) is 46.4 Å². The molecule has 0 radical (unpaired) electrons. The van der Waals surface area contributed by atoms with Gasteiger partial charge in [0.15, 0.2) is 0 Å². The molecule has 2 heterocycles. The summed E-state index contributed by atoms with van der Waals surface area (Å²) >= 11 is 5.95. The molecule has 1 aromatic carbocycles. The summed E-state index contributed by atoms with van der Waals surface area (Å²) in [7, 11) is 0. The van der Waals surface area contributed by atoms with E-state index in [1.807, 2.05) is 19.9 Å². The third-order valence-corrected chi connectivity index (χ3v) is 4.89. The number of nitrogens with zero attached hydrogens (tertiary/aromatic N) is 3. The van der Waals surface area contributed by atoms with Gasteiger partial charge in [-0.3, -0.25) is 4.90 Å². The topological polar surface area (TPSA) is 50.3 Å². The first-order valence-electron chi connectivity index (χ1n) is 9.26. The summed E-state index contributed by atoms with van der Waals surface area (Å²) in [6.07, 6.45) is 2.18. The highest BCUT2D eigenvalue weighted by Gasteiger charge is 2.20. The Balaban J connectivity index is 1.53. The number of hydrogen-bond donors (Lipinski definition) is 1. The lowest BCUT2D eigenvalue weighted by atomic mass is 10.0. The average molecular weight is 375 g/mol. The summed E-state index contributed by atoms with van der Waals surface area (Å²) in [5.41, 5.74) is 3.38. The van der Waals surface area contributed by atoms with Gasteiger partial charge in [0.1, 0.15) is 11.6 Å². The predicted octanol–water partition coefficient (Wildman–Crippen LogP) is 4.22. The fourth-order valence-electron chi connectivity index (χ4n) is 3.36. The van der Waals surface area contributed by atoms with Crippen LogP contribution in [0, 0.1) is 13.8 Å². The maximum Gasteiger partial charge on any atom is 0.224 e. The van der Waals surface area contributed by atoms with Crippen LogP contribution in [0.2, 0.25) is 5.28 Å². The Kier molecular flexibility index (Phi) is 6.33. The van der Waals surface area contributed by atoms with Crippen molar-refractivity contribution >= 4 is 17.4 Å². The van der Waals surface area contributed by atoms with Gasteiger partial charge in [0.2, 0.25) is 5.28 Å². The number of piperidine rings is 1. The number of likely N-dealkylation sites (tertiary alicyclic amines) is 1. The van der Waals surface area contributed by atoms with Gasteiger partial charge in [-0.1, -0.05) is 12.1 Å². The third-order valence-electron chi connectivity index (χ3n) is 4.73. The summed E-state index contributed by atoms with van der Waals surface area (Å²) in [5.74, 6) is 1.82. The van der Waals surface area contributed by atoms with Gasteiger partial charge in [-0.15, -0.1) is 0 Å². The van der Waals surface area contributed by atoms with Gasteiger partial charge in [0, 0.05) is 37.4 Å². The molecular formula is C20H27ClN4O. The van der Waals surface area contributed by atoms with Gasteiger partial charge in [-0.25, -0.2) is 9.97 Å². The molecule has 1 aliphatic heterocycles. The molecule has 0 unspecified atom stereocenters. The zero-order valence-electron chi connectivity index (χ0n) is 15.8. The van der Waals surface area contributed by atoms with Crippen molar-refractivity contribution in [2.45, 2.75) is 46.2 Å². The highest BCUT2D eigenvalue weighted by atomic mass is 35.5. The molecule has 1 aromatic heterocycles. The molecule has 1 N–H and O–H groups in total. The van der Waals surface area contributed by atoms with Crippen molar-refractivity contribution in [1.82, 2.24) is 14.9 Å². The van der Waals surface area contributed by atoms with Crippen LogP contribution in [0.25, 0.3) is 0 Å². The Morgan fingerprint density at radius 2 is 1.96 bits per heavy atom. The number of nitrogens with one attached hydrogen (secondary N) is 1. The van der Waals surface area contributed by atoms with Crippen molar-refractivity contribution in [1.29, 1.82) is 0 Å². The Morgan fingerprint density at radius 1 is 1.19 bits per heavy atom. The molecule has 1 fully saturated rings. The fourth-order valence-corrected chi connectivity index (χ4v) is 3.59. The van der Waals surface area contributed by atoms with E-state index >= 15 is 0 Å². The van der Waals surface area contributed by atoms with Crippen molar-refractivity contribution < 1.29 is 4.74 Å². The van der Waals surface area contributed by atoms with Gasteiger partial charge in [0.05, 0.1) is 6.61 Å². The summed E-state index contributed by atoms with van der Waals surface area (Å²) in [5, 5.41) is 3.80. The predicted molar refractivity (Wildman–Crippen MR) is 106 cm³/mol. The van der Waals surface area contributed by atoms with Gasteiger partial charge in [0.25, 0.3) is 0 Å². The second kappa shape index (κ2) is 8.69. The van der Waals surface area contributed by atoms with E-state index in [0.717, 1.165) is 49.7 Å². The number of rotatable bonds is 6. The Morgan fingerprint density at radius 3 is 2.65 bits per heavy atom. The van der Waals surface area contributed by atoms with Crippen LogP contribution in [0.1, 0.15) is 36.6 Å². The van der Waals surface area contributed by atoms with Crippen molar-refractivity contribution in [2.24, 2.45) is 0 Å². The summed E-state index contributed by atoms with van der Waals surface area (Å²) in [6.45, 7) is 9.84. The van der Waals surface area contributed by atoms with Gasteiger partial charge < -0.3 is 10.1 Å². The number of aryl methyl sites for hydroxylation is 2. The molecule has 3 rings (SSSR count). The molecule has 0 bridgehead atoms. The molecule has 0 spiro atoms. The van der Waals surface area contributed by atoms with E-state index in [9.17, 15) is 0 Å². The molecule has 140 valence electrons. The van der Waals surface area contributed by atoms with Gasteiger partial charge in [-0.2, -0.15) is 0 Å². The smallest absolute Gasteiger partial charge is 0.224 e. The van der Waals surface area contributed by atoms with E-state index in [1.54, 1.807) is 0 Å². The summed E-state index contributed by atoms with van der Waals surface area (Å²) in [6, 6.07) is 8.90. The molecule has 0 saturated carbocycles. The summed E-state index contributed by atoms with van der Waals surface area (Å²) in [4.78, 5) is 10.9. The molecule has 26 heavy (non-hydrogen) atoms. The average Bonchev–Trinajstić information content (AvgIpc) is 2.59. The van der Waals surface area contributed by atoms with E-state index in [1.165, 1.54) is 11.1 Å². The molecule has 1 saturated heterocycles. The van der Waals surface area contributed by atoms with Crippen molar-refractivity contribution in [2.75, 3.05) is 25.0 Å². The van der Waals surface area contributed by atoms with E-state index in [0.29, 0.717) is 17.9 Å². The van der Waals surface area contributed by atoms with E-state index in [-0.39, 0.29) is 0 Å². The molecule has 2 aromatic rings. The Bertz CT molecular complexity index is 724. The van der Waals surface area contributed by atoms with Gasteiger partial charge >= 0.3 is 0 Å². The molecular weight excluding hydrogens is 348 g/mol. The summed E-state index contributed by atoms with van der Waals surface area (Å²) < 4.78 is 5.72. The first kappa shape index (κ1) is 18.9. The minimum atomic E-state index is 0.300. The lowest BCUT2D eigenvalue weighted by molar-refractivity contribution is 0.211. The van der Waals surface area contributed by atoms with Crippen molar-refractivity contribution in [3.63, 3.8) is 0 Å². The van der Waals surface area contributed by atoms with E-state index < -0.39 is 0 Å². The maximum absolute atomic E-state index is 5.95. The molecule has 6 heteroatoms.